The molecule has 2 heteroatoms. The van der Waals surface area contributed by atoms with Crippen molar-refractivity contribution >= 4 is 28.3 Å². The molecule has 1 unspecified atom stereocenters. The third kappa shape index (κ3) is 3.73. The van der Waals surface area contributed by atoms with E-state index in [1.165, 1.54) is 14.8 Å². The normalized spacial score (nSPS) is 12.1. The Kier molecular flexibility index (Phi) is 5.05. The van der Waals surface area contributed by atoms with E-state index in [1.807, 2.05) is 0 Å². The Morgan fingerprint density at radius 3 is 2.33 bits per heavy atom. The first-order valence-corrected chi connectivity index (χ1v) is 7.42. The SMILES string of the molecule is CCC(Cc1ccccc1)Nc1ccccc1I. The van der Waals surface area contributed by atoms with E-state index >= 15 is 0 Å². The quantitative estimate of drug-likeness (QED) is 0.769. The summed E-state index contributed by atoms with van der Waals surface area (Å²) in [7, 11) is 0. The van der Waals surface area contributed by atoms with Gasteiger partial charge in [0.15, 0.2) is 0 Å². The maximum absolute atomic E-state index is 3.64. The highest BCUT2D eigenvalue weighted by Crippen LogP contribution is 2.19. The van der Waals surface area contributed by atoms with Crippen molar-refractivity contribution in [3.8, 4) is 0 Å². The molecule has 0 spiro atoms. The molecular weight excluding hydrogens is 333 g/mol. The molecule has 2 aromatic carbocycles. The van der Waals surface area contributed by atoms with Crippen LogP contribution in [-0.4, -0.2) is 6.04 Å². The van der Waals surface area contributed by atoms with Gasteiger partial charge >= 0.3 is 0 Å². The summed E-state index contributed by atoms with van der Waals surface area (Å²) in [5, 5.41) is 3.64. The molecule has 0 saturated carbocycles. The van der Waals surface area contributed by atoms with Crippen LogP contribution in [0.1, 0.15) is 18.9 Å². The van der Waals surface area contributed by atoms with Crippen molar-refractivity contribution in [3.05, 3.63) is 63.7 Å². The van der Waals surface area contributed by atoms with E-state index in [4.69, 9.17) is 0 Å². The summed E-state index contributed by atoms with van der Waals surface area (Å²) in [6.45, 7) is 2.23. The van der Waals surface area contributed by atoms with Gasteiger partial charge in [-0.1, -0.05) is 49.4 Å². The molecule has 0 bridgehead atoms. The maximum Gasteiger partial charge on any atom is 0.0478 e. The highest BCUT2D eigenvalue weighted by molar-refractivity contribution is 14.1. The van der Waals surface area contributed by atoms with Crippen molar-refractivity contribution in [2.75, 3.05) is 5.32 Å². The number of halogens is 1. The van der Waals surface area contributed by atoms with E-state index in [0.29, 0.717) is 6.04 Å². The van der Waals surface area contributed by atoms with Crippen molar-refractivity contribution < 1.29 is 0 Å². The fraction of sp³-hybridized carbons (Fsp3) is 0.250. The van der Waals surface area contributed by atoms with Gasteiger partial charge in [-0.3, -0.25) is 0 Å². The summed E-state index contributed by atoms with van der Waals surface area (Å²) in [5.74, 6) is 0. The first-order chi connectivity index (χ1) is 8.79. The summed E-state index contributed by atoms with van der Waals surface area (Å²) < 4.78 is 1.28. The van der Waals surface area contributed by atoms with Crippen LogP contribution >= 0.6 is 22.6 Å². The molecule has 0 saturated heterocycles. The van der Waals surface area contributed by atoms with E-state index in [0.717, 1.165) is 12.8 Å². The monoisotopic (exact) mass is 351 g/mol. The standard InChI is InChI=1S/C16H18IN/c1-2-14(12-13-8-4-3-5-9-13)18-16-11-7-6-10-15(16)17/h3-11,14,18H,2,12H2,1H3. The first-order valence-electron chi connectivity index (χ1n) is 6.34. The Morgan fingerprint density at radius 1 is 1.00 bits per heavy atom. The molecule has 0 aromatic heterocycles. The molecule has 0 amide bonds. The average molecular weight is 351 g/mol. The van der Waals surface area contributed by atoms with E-state index in [9.17, 15) is 0 Å². The molecule has 2 rings (SSSR count). The predicted octanol–water partition coefficient (Wildman–Crippen LogP) is 4.72. The second-order valence-corrected chi connectivity index (χ2v) is 5.58. The third-order valence-corrected chi connectivity index (χ3v) is 3.99. The average Bonchev–Trinajstić information content (AvgIpc) is 2.41. The summed E-state index contributed by atoms with van der Waals surface area (Å²) in [5.41, 5.74) is 2.63. The van der Waals surface area contributed by atoms with Gasteiger partial charge in [0, 0.05) is 15.3 Å². The topological polar surface area (TPSA) is 12.0 Å². The van der Waals surface area contributed by atoms with Crippen LogP contribution in [0.2, 0.25) is 0 Å². The molecule has 94 valence electrons. The number of para-hydroxylation sites is 1. The van der Waals surface area contributed by atoms with Crippen molar-refractivity contribution in [1.82, 2.24) is 0 Å². The van der Waals surface area contributed by atoms with Crippen molar-refractivity contribution in [2.24, 2.45) is 0 Å². The zero-order chi connectivity index (χ0) is 12.8. The minimum atomic E-state index is 0.489. The molecule has 0 aliphatic heterocycles. The van der Waals surface area contributed by atoms with E-state index in [2.05, 4.69) is 89.4 Å². The third-order valence-electron chi connectivity index (χ3n) is 3.05. The molecular formula is C16H18IN. The minimum absolute atomic E-state index is 0.489. The fourth-order valence-corrected chi connectivity index (χ4v) is 2.54. The van der Waals surface area contributed by atoms with Crippen LogP contribution in [0.4, 0.5) is 5.69 Å². The second kappa shape index (κ2) is 6.78. The summed E-state index contributed by atoms with van der Waals surface area (Å²) in [6, 6.07) is 19.6. The minimum Gasteiger partial charge on any atom is -0.381 e. The number of hydrogen-bond acceptors (Lipinski definition) is 1. The van der Waals surface area contributed by atoms with Crippen LogP contribution in [0.3, 0.4) is 0 Å². The Balaban J connectivity index is 2.04. The lowest BCUT2D eigenvalue weighted by Gasteiger charge is -2.19. The lowest BCUT2D eigenvalue weighted by Crippen LogP contribution is -2.21. The molecule has 1 atom stereocenters. The summed E-state index contributed by atoms with van der Waals surface area (Å²) in [6.07, 6.45) is 2.20. The Bertz CT molecular complexity index is 481. The molecule has 2 aromatic rings. The van der Waals surface area contributed by atoms with Gasteiger partial charge in [-0.15, -0.1) is 0 Å². The summed E-state index contributed by atoms with van der Waals surface area (Å²) in [4.78, 5) is 0. The van der Waals surface area contributed by atoms with Crippen molar-refractivity contribution in [1.29, 1.82) is 0 Å². The second-order valence-electron chi connectivity index (χ2n) is 4.42. The number of anilines is 1. The van der Waals surface area contributed by atoms with Crippen molar-refractivity contribution in [3.63, 3.8) is 0 Å². The summed E-state index contributed by atoms with van der Waals surface area (Å²) >= 11 is 2.38. The molecule has 0 fully saturated rings. The van der Waals surface area contributed by atoms with Crippen LogP contribution in [0, 0.1) is 3.57 Å². The fourth-order valence-electron chi connectivity index (χ4n) is 1.99. The largest absolute Gasteiger partial charge is 0.381 e. The van der Waals surface area contributed by atoms with Gasteiger partial charge in [0.2, 0.25) is 0 Å². The maximum atomic E-state index is 3.64. The number of hydrogen-bond donors (Lipinski definition) is 1. The molecule has 1 N–H and O–H groups in total. The van der Waals surface area contributed by atoms with Crippen molar-refractivity contribution in [2.45, 2.75) is 25.8 Å². The number of rotatable bonds is 5. The molecule has 0 heterocycles. The Morgan fingerprint density at radius 2 is 1.67 bits per heavy atom. The molecule has 18 heavy (non-hydrogen) atoms. The van der Waals surface area contributed by atoms with Crippen LogP contribution in [0.25, 0.3) is 0 Å². The zero-order valence-electron chi connectivity index (χ0n) is 10.6. The van der Waals surface area contributed by atoms with Crippen LogP contribution in [-0.2, 0) is 6.42 Å². The van der Waals surface area contributed by atoms with Gasteiger partial charge in [-0.05, 0) is 53.1 Å². The number of nitrogens with one attached hydrogen (secondary N) is 1. The lowest BCUT2D eigenvalue weighted by atomic mass is 10.0. The van der Waals surface area contributed by atoms with Gasteiger partial charge in [-0.25, -0.2) is 0 Å². The molecule has 0 aliphatic carbocycles. The zero-order valence-corrected chi connectivity index (χ0v) is 12.7. The van der Waals surface area contributed by atoms with Crippen LogP contribution in [0.15, 0.2) is 54.6 Å². The van der Waals surface area contributed by atoms with Gasteiger partial charge in [0.05, 0.1) is 0 Å². The van der Waals surface area contributed by atoms with E-state index in [1.54, 1.807) is 0 Å². The van der Waals surface area contributed by atoms with Gasteiger partial charge in [0.1, 0.15) is 0 Å². The Hall–Kier alpha value is -1.03. The van der Waals surface area contributed by atoms with Gasteiger partial charge in [0.25, 0.3) is 0 Å². The lowest BCUT2D eigenvalue weighted by molar-refractivity contribution is 0.690. The Labute approximate surface area is 123 Å². The van der Waals surface area contributed by atoms with E-state index in [-0.39, 0.29) is 0 Å². The highest BCUT2D eigenvalue weighted by atomic mass is 127. The highest BCUT2D eigenvalue weighted by Gasteiger charge is 2.08. The predicted molar refractivity (Wildman–Crippen MR) is 87.0 cm³/mol. The van der Waals surface area contributed by atoms with Crippen LogP contribution in [0.5, 0.6) is 0 Å². The molecule has 0 aliphatic rings. The molecule has 0 radical (unpaired) electrons. The van der Waals surface area contributed by atoms with Gasteiger partial charge in [-0.2, -0.15) is 0 Å². The number of benzene rings is 2. The van der Waals surface area contributed by atoms with E-state index < -0.39 is 0 Å². The van der Waals surface area contributed by atoms with Crippen LogP contribution < -0.4 is 5.32 Å². The smallest absolute Gasteiger partial charge is 0.0478 e. The molecule has 1 nitrogen and oxygen atoms in total. The first kappa shape index (κ1) is 13.4. The van der Waals surface area contributed by atoms with Gasteiger partial charge < -0.3 is 5.32 Å².